The molecule has 0 bridgehead atoms. The fourth-order valence-corrected chi connectivity index (χ4v) is 4.27. The van der Waals surface area contributed by atoms with Crippen molar-refractivity contribution < 1.29 is 14.3 Å². The van der Waals surface area contributed by atoms with Gasteiger partial charge in [-0.05, 0) is 49.1 Å². The third kappa shape index (κ3) is 4.16. The largest absolute Gasteiger partial charge is 0.469 e. The van der Waals surface area contributed by atoms with Crippen molar-refractivity contribution in [1.82, 2.24) is 15.1 Å². The Balaban J connectivity index is 1.65. The van der Waals surface area contributed by atoms with E-state index in [1.807, 2.05) is 59.3 Å². The van der Waals surface area contributed by atoms with Crippen LogP contribution in [0.4, 0.5) is 0 Å². The van der Waals surface area contributed by atoms with Crippen LogP contribution in [0.15, 0.2) is 59.1 Å². The number of amides is 1. The second-order valence-electron chi connectivity index (χ2n) is 7.24. The number of rotatable bonds is 6. The van der Waals surface area contributed by atoms with Crippen molar-refractivity contribution >= 4 is 27.8 Å². The molecular formula is C23H22BrN3O3. The summed E-state index contributed by atoms with van der Waals surface area (Å²) in [4.78, 5) is 25.2. The quantitative estimate of drug-likeness (QED) is 0.552. The predicted molar refractivity (Wildman–Crippen MR) is 117 cm³/mol. The molecule has 1 atom stereocenters. The molecule has 0 saturated heterocycles. The number of esters is 1. The van der Waals surface area contributed by atoms with Gasteiger partial charge in [0.05, 0.1) is 25.3 Å². The summed E-state index contributed by atoms with van der Waals surface area (Å²) in [6.07, 6.45) is 2.75. The van der Waals surface area contributed by atoms with E-state index >= 15 is 0 Å². The molecule has 3 aromatic rings. The van der Waals surface area contributed by atoms with Crippen LogP contribution in [0, 0.1) is 0 Å². The Morgan fingerprint density at radius 1 is 1.17 bits per heavy atom. The van der Waals surface area contributed by atoms with Gasteiger partial charge in [-0.25, -0.2) is 4.68 Å². The van der Waals surface area contributed by atoms with Crippen molar-refractivity contribution in [1.29, 1.82) is 0 Å². The summed E-state index contributed by atoms with van der Waals surface area (Å²) in [6.45, 7) is 0. The summed E-state index contributed by atoms with van der Waals surface area (Å²) in [7, 11) is 1.34. The Kier molecular flexibility index (Phi) is 5.99. The van der Waals surface area contributed by atoms with E-state index in [2.05, 4.69) is 26.3 Å². The number of methoxy groups -OCH3 is 1. The highest BCUT2D eigenvalue weighted by Crippen LogP contribution is 2.29. The van der Waals surface area contributed by atoms with E-state index in [1.165, 1.54) is 7.11 Å². The van der Waals surface area contributed by atoms with E-state index in [4.69, 9.17) is 4.74 Å². The van der Waals surface area contributed by atoms with Gasteiger partial charge in [-0.15, -0.1) is 0 Å². The van der Waals surface area contributed by atoms with Crippen LogP contribution in [0.2, 0.25) is 0 Å². The molecule has 1 unspecified atom stereocenters. The Labute approximate surface area is 183 Å². The minimum atomic E-state index is -0.513. The molecule has 0 saturated carbocycles. The predicted octanol–water partition coefficient (Wildman–Crippen LogP) is 4.16. The lowest BCUT2D eigenvalue weighted by atomic mass is 10.0. The molecule has 154 valence electrons. The van der Waals surface area contributed by atoms with Gasteiger partial charge in [0, 0.05) is 15.7 Å². The van der Waals surface area contributed by atoms with E-state index in [1.54, 1.807) is 0 Å². The maximum atomic E-state index is 13.2. The summed E-state index contributed by atoms with van der Waals surface area (Å²) in [5.41, 5.74) is 4.26. The first kappa shape index (κ1) is 20.3. The maximum absolute atomic E-state index is 13.2. The molecule has 1 amide bonds. The standard InChI is InChI=1S/C23H22BrN3O3/c1-30-21(28)14-19(15-7-5-8-16(24)13-15)25-23(29)22-18-11-6-12-20(18)27(26-22)17-9-3-2-4-10-17/h2-5,7-10,13,19H,6,11-12,14H2,1H3,(H,25,29). The highest BCUT2D eigenvalue weighted by molar-refractivity contribution is 9.10. The molecule has 1 aromatic heterocycles. The number of hydrogen-bond donors (Lipinski definition) is 1. The highest BCUT2D eigenvalue weighted by Gasteiger charge is 2.29. The number of para-hydroxylation sites is 1. The molecule has 6 nitrogen and oxygen atoms in total. The molecule has 2 aromatic carbocycles. The molecule has 0 spiro atoms. The third-order valence-electron chi connectivity index (χ3n) is 5.30. The van der Waals surface area contributed by atoms with Crippen LogP contribution in [0.5, 0.6) is 0 Å². The van der Waals surface area contributed by atoms with Gasteiger partial charge in [0.15, 0.2) is 5.69 Å². The minimum absolute atomic E-state index is 0.0419. The fourth-order valence-electron chi connectivity index (χ4n) is 3.85. The Bertz CT molecular complexity index is 1080. The van der Waals surface area contributed by atoms with Crippen LogP contribution >= 0.6 is 15.9 Å². The molecule has 0 aliphatic heterocycles. The number of ether oxygens (including phenoxy) is 1. The van der Waals surface area contributed by atoms with E-state index in [0.717, 1.165) is 46.2 Å². The van der Waals surface area contributed by atoms with Crippen LogP contribution in [0.25, 0.3) is 5.69 Å². The number of carbonyl (C=O) groups excluding carboxylic acids is 2. The molecule has 0 radical (unpaired) electrons. The fraction of sp³-hybridized carbons (Fsp3) is 0.261. The van der Waals surface area contributed by atoms with Gasteiger partial charge in [0.1, 0.15) is 0 Å². The summed E-state index contributed by atoms with van der Waals surface area (Å²) in [6, 6.07) is 16.9. The molecule has 1 N–H and O–H groups in total. The first-order chi connectivity index (χ1) is 14.6. The van der Waals surface area contributed by atoms with Gasteiger partial charge in [-0.3, -0.25) is 9.59 Å². The zero-order chi connectivity index (χ0) is 21.1. The third-order valence-corrected chi connectivity index (χ3v) is 5.79. The number of carbonyl (C=O) groups is 2. The molecule has 0 fully saturated rings. The average molecular weight is 468 g/mol. The summed E-state index contributed by atoms with van der Waals surface area (Å²) in [5.74, 6) is -0.669. The molecular weight excluding hydrogens is 446 g/mol. The van der Waals surface area contributed by atoms with Crippen molar-refractivity contribution in [2.75, 3.05) is 7.11 Å². The topological polar surface area (TPSA) is 73.2 Å². The van der Waals surface area contributed by atoms with E-state index < -0.39 is 6.04 Å². The molecule has 30 heavy (non-hydrogen) atoms. The summed E-state index contributed by atoms with van der Waals surface area (Å²) >= 11 is 3.45. The number of nitrogens with one attached hydrogen (secondary N) is 1. The van der Waals surface area contributed by atoms with Gasteiger partial charge in [0.25, 0.3) is 5.91 Å². The zero-order valence-electron chi connectivity index (χ0n) is 16.6. The molecule has 1 aliphatic rings. The van der Waals surface area contributed by atoms with E-state index in [9.17, 15) is 9.59 Å². The highest BCUT2D eigenvalue weighted by atomic mass is 79.9. The second-order valence-corrected chi connectivity index (χ2v) is 8.15. The van der Waals surface area contributed by atoms with Crippen LogP contribution in [-0.2, 0) is 22.4 Å². The van der Waals surface area contributed by atoms with Gasteiger partial charge >= 0.3 is 5.97 Å². The Hall–Kier alpha value is -2.93. The minimum Gasteiger partial charge on any atom is -0.469 e. The molecule has 7 heteroatoms. The normalized spacial score (nSPS) is 13.5. The Morgan fingerprint density at radius 3 is 2.70 bits per heavy atom. The molecule has 1 aliphatic carbocycles. The van der Waals surface area contributed by atoms with Crippen LogP contribution in [-0.4, -0.2) is 28.8 Å². The van der Waals surface area contributed by atoms with Gasteiger partial charge in [-0.2, -0.15) is 5.10 Å². The van der Waals surface area contributed by atoms with Crippen LogP contribution in [0.3, 0.4) is 0 Å². The van der Waals surface area contributed by atoms with Crippen molar-refractivity contribution in [2.24, 2.45) is 0 Å². The van der Waals surface area contributed by atoms with Crippen molar-refractivity contribution in [3.05, 3.63) is 81.6 Å². The molecule has 1 heterocycles. The number of halogens is 1. The first-order valence-corrected chi connectivity index (χ1v) is 10.7. The number of nitrogens with zero attached hydrogens (tertiary/aromatic N) is 2. The van der Waals surface area contributed by atoms with E-state index in [0.29, 0.717) is 5.69 Å². The monoisotopic (exact) mass is 467 g/mol. The lowest BCUT2D eigenvalue weighted by Crippen LogP contribution is -2.31. The molecule has 4 rings (SSSR count). The smallest absolute Gasteiger partial charge is 0.307 e. The number of fused-ring (bicyclic) bond motifs is 1. The van der Waals surface area contributed by atoms with Crippen LogP contribution in [0.1, 0.15) is 46.2 Å². The Morgan fingerprint density at radius 2 is 1.97 bits per heavy atom. The van der Waals surface area contributed by atoms with Crippen LogP contribution < -0.4 is 5.32 Å². The van der Waals surface area contributed by atoms with Gasteiger partial charge in [0.2, 0.25) is 0 Å². The summed E-state index contributed by atoms with van der Waals surface area (Å²) in [5, 5.41) is 7.64. The first-order valence-electron chi connectivity index (χ1n) is 9.86. The van der Waals surface area contributed by atoms with Gasteiger partial charge < -0.3 is 10.1 Å². The SMILES string of the molecule is COC(=O)CC(NC(=O)c1nn(-c2ccccc2)c2c1CCC2)c1cccc(Br)c1. The van der Waals surface area contributed by atoms with Crippen molar-refractivity contribution in [3.8, 4) is 5.69 Å². The average Bonchev–Trinajstić information content (AvgIpc) is 3.36. The second kappa shape index (κ2) is 8.83. The maximum Gasteiger partial charge on any atom is 0.307 e. The van der Waals surface area contributed by atoms with Crippen molar-refractivity contribution in [3.63, 3.8) is 0 Å². The van der Waals surface area contributed by atoms with Gasteiger partial charge in [-0.1, -0.05) is 46.3 Å². The number of benzene rings is 2. The van der Waals surface area contributed by atoms with Crippen molar-refractivity contribution in [2.45, 2.75) is 31.7 Å². The summed E-state index contributed by atoms with van der Waals surface area (Å²) < 4.78 is 7.57. The zero-order valence-corrected chi connectivity index (χ0v) is 18.2. The van der Waals surface area contributed by atoms with E-state index in [-0.39, 0.29) is 18.3 Å². The number of aromatic nitrogens is 2. The number of hydrogen-bond acceptors (Lipinski definition) is 4. The lowest BCUT2D eigenvalue weighted by molar-refractivity contribution is -0.141. The lowest BCUT2D eigenvalue weighted by Gasteiger charge is -2.18.